The maximum absolute atomic E-state index is 14.5. The molecule has 0 spiro atoms. The number of hydrogen-bond donors (Lipinski definition) is 1. The molecule has 0 radical (unpaired) electrons. The Kier molecular flexibility index (Phi) is 5.02. The largest absolute Gasteiger partial charge is 0.494 e. The standard InChI is InChI=1S/C18H19BF3NO4S/c1-17(2)18(3,4)27-19(26-17)11-5-8-16(15(22)9-11)23-28(24,25)12-6-7-13(20)14(21)10-12/h5-10,23H,1-4H3. The Labute approximate surface area is 162 Å². The minimum Gasteiger partial charge on any atom is -0.399 e. The summed E-state index contributed by atoms with van der Waals surface area (Å²) < 4.78 is 79.1. The van der Waals surface area contributed by atoms with Gasteiger partial charge in [-0.05, 0) is 63.5 Å². The van der Waals surface area contributed by atoms with E-state index in [1.165, 1.54) is 12.1 Å². The van der Waals surface area contributed by atoms with E-state index in [1.54, 1.807) is 0 Å². The Morgan fingerprint density at radius 2 is 1.46 bits per heavy atom. The summed E-state index contributed by atoms with van der Waals surface area (Å²) in [7, 11) is -5.11. The van der Waals surface area contributed by atoms with Crippen LogP contribution >= 0.6 is 0 Å². The zero-order chi connectivity index (χ0) is 20.9. The average molecular weight is 413 g/mol. The second kappa shape index (κ2) is 6.79. The van der Waals surface area contributed by atoms with Crippen LogP contribution in [0.25, 0.3) is 0 Å². The molecule has 1 N–H and O–H groups in total. The van der Waals surface area contributed by atoms with E-state index in [9.17, 15) is 21.6 Å². The van der Waals surface area contributed by atoms with Crippen LogP contribution < -0.4 is 10.2 Å². The Hall–Kier alpha value is -2.04. The van der Waals surface area contributed by atoms with Crippen LogP contribution in [0.3, 0.4) is 0 Å². The number of nitrogens with one attached hydrogen (secondary N) is 1. The molecule has 1 aliphatic rings. The van der Waals surface area contributed by atoms with Crippen LogP contribution in [0.15, 0.2) is 41.3 Å². The van der Waals surface area contributed by atoms with Crippen molar-refractivity contribution >= 4 is 28.3 Å². The quantitative estimate of drug-likeness (QED) is 0.783. The molecule has 0 amide bonds. The molecular formula is C18H19BF3NO4S. The van der Waals surface area contributed by atoms with Crippen LogP contribution in [0, 0.1) is 17.5 Å². The predicted octanol–water partition coefficient (Wildman–Crippen LogP) is 3.20. The van der Waals surface area contributed by atoms with Gasteiger partial charge in [0.05, 0.1) is 21.8 Å². The molecular weight excluding hydrogens is 394 g/mol. The van der Waals surface area contributed by atoms with Gasteiger partial charge in [-0.2, -0.15) is 0 Å². The lowest BCUT2D eigenvalue weighted by atomic mass is 9.79. The lowest BCUT2D eigenvalue weighted by Gasteiger charge is -2.32. The lowest BCUT2D eigenvalue weighted by molar-refractivity contribution is 0.00578. The van der Waals surface area contributed by atoms with Crippen LogP contribution in [-0.4, -0.2) is 26.7 Å². The third kappa shape index (κ3) is 3.76. The van der Waals surface area contributed by atoms with Gasteiger partial charge in [-0.1, -0.05) is 6.07 Å². The Morgan fingerprint density at radius 3 is 2.00 bits per heavy atom. The van der Waals surface area contributed by atoms with Crippen molar-refractivity contribution in [3.05, 3.63) is 53.8 Å². The third-order valence-electron chi connectivity index (χ3n) is 4.96. The van der Waals surface area contributed by atoms with Crippen LogP contribution in [0.1, 0.15) is 27.7 Å². The highest BCUT2D eigenvalue weighted by molar-refractivity contribution is 7.92. The molecule has 2 aromatic rings. The number of benzene rings is 2. The first-order chi connectivity index (χ1) is 12.8. The Morgan fingerprint density at radius 1 is 0.857 bits per heavy atom. The monoisotopic (exact) mass is 413 g/mol. The maximum atomic E-state index is 14.5. The molecule has 10 heteroatoms. The van der Waals surface area contributed by atoms with Gasteiger partial charge in [0.25, 0.3) is 10.0 Å². The number of rotatable bonds is 4. The van der Waals surface area contributed by atoms with E-state index in [-0.39, 0.29) is 5.69 Å². The first kappa shape index (κ1) is 20.7. The van der Waals surface area contributed by atoms with E-state index >= 15 is 0 Å². The Balaban J connectivity index is 1.84. The van der Waals surface area contributed by atoms with Crippen LogP contribution in [0.5, 0.6) is 0 Å². The molecule has 0 saturated carbocycles. The third-order valence-corrected chi connectivity index (χ3v) is 6.33. The second-order valence-corrected chi connectivity index (χ2v) is 9.19. The number of hydrogen-bond acceptors (Lipinski definition) is 4. The van der Waals surface area contributed by atoms with Crippen molar-refractivity contribution in [2.24, 2.45) is 0 Å². The molecule has 150 valence electrons. The minimum atomic E-state index is -4.30. The van der Waals surface area contributed by atoms with Crippen LogP contribution in [0.2, 0.25) is 0 Å². The van der Waals surface area contributed by atoms with Crippen molar-refractivity contribution in [3.63, 3.8) is 0 Å². The molecule has 0 unspecified atom stereocenters. The van der Waals surface area contributed by atoms with E-state index in [0.29, 0.717) is 17.6 Å². The van der Waals surface area contributed by atoms with E-state index in [4.69, 9.17) is 9.31 Å². The fourth-order valence-electron chi connectivity index (χ4n) is 2.59. The van der Waals surface area contributed by atoms with E-state index < -0.39 is 50.7 Å². The van der Waals surface area contributed by atoms with Gasteiger partial charge in [0.1, 0.15) is 5.82 Å². The molecule has 3 rings (SSSR count). The van der Waals surface area contributed by atoms with Crippen LogP contribution in [0.4, 0.5) is 18.9 Å². The molecule has 1 saturated heterocycles. The second-order valence-electron chi connectivity index (χ2n) is 7.51. The summed E-state index contributed by atoms with van der Waals surface area (Å²) in [5.41, 5.74) is -1.18. The molecule has 0 aromatic heterocycles. The molecule has 0 atom stereocenters. The number of anilines is 1. The van der Waals surface area contributed by atoms with Gasteiger partial charge in [-0.15, -0.1) is 0 Å². The average Bonchev–Trinajstić information content (AvgIpc) is 2.79. The SMILES string of the molecule is CC1(C)OB(c2ccc(NS(=O)(=O)c3ccc(F)c(F)c3)c(F)c2)OC1(C)C. The highest BCUT2D eigenvalue weighted by Gasteiger charge is 2.51. The van der Waals surface area contributed by atoms with Crippen LogP contribution in [-0.2, 0) is 19.3 Å². The summed E-state index contributed by atoms with van der Waals surface area (Å²) in [5, 5.41) is 0. The van der Waals surface area contributed by atoms with Crippen molar-refractivity contribution in [1.82, 2.24) is 0 Å². The molecule has 28 heavy (non-hydrogen) atoms. The Bertz CT molecular complexity index is 1010. The van der Waals surface area contributed by atoms with Gasteiger partial charge >= 0.3 is 7.12 Å². The fourth-order valence-corrected chi connectivity index (χ4v) is 3.67. The van der Waals surface area contributed by atoms with Crippen molar-refractivity contribution in [3.8, 4) is 0 Å². The number of halogens is 3. The zero-order valence-corrected chi connectivity index (χ0v) is 16.5. The summed E-state index contributed by atoms with van der Waals surface area (Å²) in [4.78, 5) is -0.527. The highest BCUT2D eigenvalue weighted by Crippen LogP contribution is 2.36. The summed E-state index contributed by atoms with van der Waals surface area (Å²) >= 11 is 0. The molecule has 0 bridgehead atoms. The van der Waals surface area contributed by atoms with Gasteiger partial charge in [0, 0.05) is 0 Å². The van der Waals surface area contributed by atoms with Crippen molar-refractivity contribution in [2.75, 3.05) is 4.72 Å². The smallest absolute Gasteiger partial charge is 0.399 e. The predicted molar refractivity (Wildman–Crippen MR) is 99.3 cm³/mol. The zero-order valence-electron chi connectivity index (χ0n) is 15.7. The highest BCUT2D eigenvalue weighted by atomic mass is 32.2. The first-order valence-electron chi connectivity index (χ1n) is 8.45. The summed E-state index contributed by atoms with van der Waals surface area (Å²) in [6.45, 7) is 7.42. The van der Waals surface area contributed by atoms with Gasteiger partial charge in [-0.25, -0.2) is 21.6 Å². The fraction of sp³-hybridized carbons (Fsp3) is 0.333. The lowest BCUT2D eigenvalue weighted by Crippen LogP contribution is -2.41. The molecule has 5 nitrogen and oxygen atoms in total. The molecule has 1 fully saturated rings. The number of sulfonamides is 1. The minimum absolute atomic E-state index is 0.343. The molecule has 1 aliphatic heterocycles. The summed E-state index contributed by atoms with van der Waals surface area (Å²) in [6.07, 6.45) is 0. The van der Waals surface area contributed by atoms with Crippen molar-refractivity contribution in [2.45, 2.75) is 43.8 Å². The summed E-state index contributed by atoms with van der Waals surface area (Å²) in [6, 6.07) is 5.88. The molecule has 2 aromatic carbocycles. The van der Waals surface area contributed by atoms with E-state index in [1.807, 2.05) is 32.4 Å². The van der Waals surface area contributed by atoms with E-state index in [0.717, 1.165) is 12.1 Å². The van der Waals surface area contributed by atoms with Gasteiger partial charge in [0.15, 0.2) is 11.6 Å². The normalized spacial score (nSPS) is 18.3. The topological polar surface area (TPSA) is 64.6 Å². The molecule has 0 aliphatic carbocycles. The van der Waals surface area contributed by atoms with Crippen molar-refractivity contribution in [1.29, 1.82) is 0 Å². The molecule has 1 heterocycles. The summed E-state index contributed by atoms with van der Waals surface area (Å²) in [5.74, 6) is -3.37. The van der Waals surface area contributed by atoms with Gasteiger partial charge < -0.3 is 9.31 Å². The van der Waals surface area contributed by atoms with Gasteiger partial charge in [0.2, 0.25) is 0 Å². The maximum Gasteiger partial charge on any atom is 0.494 e. The van der Waals surface area contributed by atoms with E-state index in [2.05, 4.69) is 0 Å². The van der Waals surface area contributed by atoms with Gasteiger partial charge in [-0.3, -0.25) is 4.72 Å². The van der Waals surface area contributed by atoms with Crippen molar-refractivity contribution < 1.29 is 30.9 Å². The first-order valence-corrected chi connectivity index (χ1v) is 9.94.